The lowest BCUT2D eigenvalue weighted by atomic mass is 10.2. The number of nitrogens with two attached hydrogens (primary N) is 1. The standard InChI is InChI=1S/C8H20N2O/c1-3-11-7-6-10-8(2)4-5-9/h8,10H,3-7,9H2,1-2H3. The molecule has 1 unspecified atom stereocenters. The molecule has 0 fully saturated rings. The van der Waals surface area contributed by atoms with Crippen molar-refractivity contribution in [3.63, 3.8) is 0 Å². The van der Waals surface area contributed by atoms with Gasteiger partial charge in [0.15, 0.2) is 0 Å². The van der Waals surface area contributed by atoms with Crippen molar-refractivity contribution < 1.29 is 4.74 Å². The van der Waals surface area contributed by atoms with Gasteiger partial charge >= 0.3 is 0 Å². The van der Waals surface area contributed by atoms with Crippen LogP contribution in [-0.2, 0) is 4.74 Å². The largest absolute Gasteiger partial charge is 0.380 e. The van der Waals surface area contributed by atoms with E-state index < -0.39 is 0 Å². The zero-order valence-electron chi connectivity index (χ0n) is 7.60. The van der Waals surface area contributed by atoms with Crippen LogP contribution in [0.3, 0.4) is 0 Å². The van der Waals surface area contributed by atoms with Crippen LogP contribution in [0.5, 0.6) is 0 Å². The Bertz CT molecular complexity index is 78.5. The molecule has 0 spiro atoms. The van der Waals surface area contributed by atoms with E-state index in [0.717, 1.165) is 32.7 Å². The van der Waals surface area contributed by atoms with Crippen LogP contribution < -0.4 is 11.1 Å². The minimum Gasteiger partial charge on any atom is -0.380 e. The van der Waals surface area contributed by atoms with E-state index >= 15 is 0 Å². The zero-order chi connectivity index (χ0) is 8.53. The molecule has 3 nitrogen and oxygen atoms in total. The van der Waals surface area contributed by atoms with Crippen molar-refractivity contribution >= 4 is 0 Å². The molecule has 3 heteroatoms. The molecule has 0 aromatic carbocycles. The van der Waals surface area contributed by atoms with Crippen LogP contribution >= 0.6 is 0 Å². The third-order valence-electron chi connectivity index (χ3n) is 1.54. The third kappa shape index (κ3) is 7.78. The van der Waals surface area contributed by atoms with Gasteiger partial charge in [0.05, 0.1) is 6.61 Å². The molecule has 0 bridgehead atoms. The predicted molar refractivity (Wildman–Crippen MR) is 47.6 cm³/mol. The fourth-order valence-corrected chi connectivity index (χ4v) is 0.874. The van der Waals surface area contributed by atoms with E-state index in [9.17, 15) is 0 Å². The highest BCUT2D eigenvalue weighted by Crippen LogP contribution is 1.85. The number of hydrogen-bond acceptors (Lipinski definition) is 3. The fraction of sp³-hybridized carbons (Fsp3) is 1.00. The van der Waals surface area contributed by atoms with E-state index in [1.165, 1.54) is 0 Å². The summed E-state index contributed by atoms with van der Waals surface area (Å²) in [5.74, 6) is 0. The highest BCUT2D eigenvalue weighted by Gasteiger charge is 1.97. The van der Waals surface area contributed by atoms with Crippen LogP contribution in [0.4, 0.5) is 0 Å². The Morgan fingerprint density at radius 3 is 2.82 bits per heavy atom. The average molecular weight is 160 g/mol. The quantitative estimate of drug-likeness (QED) is 0.528. The Morgan fingerprint density at radius 1 is 1.55 bits per heavy atom. The highest BCUT2D eigenvalue weighted by molar-refractivity contribution is 4.59. The van der Waals surface area contributed by atoms with Gasteiger partial charge < -0.3 is 15.8 Å². The maximum Gasteiger partial charge on any atom is 0.0590 e. The summed E-state index contributed by atoms with van der Waals surface area (Å²) >= 11 is 0. The first kappa shape index (κ1) is 10.9. The Kier molecular flexibility index (Phi) is 7.89. The van der Waals surface area contributed by atoms with Gasteiger partial charge in [-0.2, -0.15) is 0 Å². The van der Waals surface area contributed by atoms with Crippen molar-refractivity contribution in [2.45, 2.75) is 26.3 Å². The molecular formula is C8H20N2O. The first-order valence-corrected chi connectivity index (χ1v) is 4.32. The lowest BCUT2D eigenvalue weighted by molar-refractivity contribution is 0.147. The van der Waals surface area contributed by atoms with Gasteiger partial charge in [0.25, 0.3) is 0 Å². The van der Waals surface area contributed by atoms with E-state index in [0.29, 0.717) is 6.04 Å². The minimum atomic E-state index is 0.514. The van der Waals surface area contributed by atoms with Crippen molar-refractivity contribution in [3.8, 4) is 0 Å². The molecule has 68 valence electrons. The topological polar surface area (TPSA) is 47.3 Å². The Balaban J connectivity index is 2.97. The first-order chi connectivity index (χ1) is 5.31. The molecule has 0 aliphatic heterocycles. The molecule has 0 aliphatic rings. The highest BCUT2D eigenvalue weighted by atomic mass is 16.5. The smallest absolute Gasteiger partial charge is 0.0590 e. The van der Waals surface area contributed by atoms with Gasteiger partial charge in [-0.25, -0.2) is 0 Å². The SMILES string of the molecule is CCOCCNC(C)CCN. The average Bonchev–Trinajstić information content (AvgIpc) is 1.99. The molecule has 0 aromatic rings. The van der Waals surface area contributed by atoms with Gasteiger partial charge in [-0.05, 0) is 26.8 Å². The number of ether oxygens (including phenoxy) is 1. The first-order valence-electron chi connectivity index (χ1n) is 4.32. The normalized spacial score (nSPS) is 13.4. The minimum absolute atomic E-state index is 0.514. The van der Waals surface area contributed by atoms with Crippen LogP contribution in [0, 0.1) is 0 Å². The Morgan fingerprint density at radius 2 is 2.27 bits per heavy atom. The van der Waals surface area contributed by atoms with E-state index in [2.05, 4.69) is 12.2 Å². The van der Waals surface area contributed by atoms with Crippen LogP contribution in [0.15, 0.2) is 0 Å². The fourth-order valence-electron chi connectivity index (χ4n) is 0.874. The maximum atomic E-state index is 5.39. The second kappa shape index (κ2) is 7.98. The van der Waals surface area contributed by atoms with Gasteiger partial charge in [-0.1, -0.05) is 0 Å². The van der Waals surface area contributed by atoms with Crippen molar-refractivity contribution in [2.24, 2.45) is 5.73 Å². The molecule has 0 rings (SSSR count). The molecule has 0 saturated heterocycles. The molecule has 0 amide bonds. The number of hydrogen-bond donors (Lipinski definition) is 2. The summed E-state index contributed by atoms with van der Waals surface area (Å²) in [5, 5.41) is 3.31. The molecule has 0 radical (unpaired) electrons. The summed E-state index contributed by atoms with van der Waals surface area (Å²) in [6.45, 7) is 7.41. The van der Waals surface area contributed by atoms with E-state index in [1.54, 1.807) is 0 Å². The molecule has 0 aromatic heterocycles. The van der Waals surface area contributed by atoms with Crippen molar-refractivity contribution in [3.05, 3.63) is 0 Å². The van der Waals surface area contributed by atoms with Gasteiger partial charge in [0.1, 0.15) is 0 Å². The van der Waals surface area contributed by atoms with Crippen LogP contribution in [0.25, 0.3) is 0 Å². The maximum absolute atomic E-state index is 5.39. The lowest BCUT2D eigenvalue weighted by Gasteiger charge is -2.11. The summed E-state index contributed by atoms with van der Waals surface area (Å²) < 4.78 is 5.17. The molecule has 3 N–H and O–H groups in total. The third-order valence-corrected chi connectivity index (χ3v) is 1.54. The zero-order valence-corrected chi connectivity index (χ0v) is 7.60. The molecule has 0 saturated carbocycles. The Hall–Kier alpha value is -0.120. The molecule has 0 aliphatic carbocycles. The lowest BCUT2D eigenvalue weighted by Crippen LogP contribution is -2.31. The summed E-state index contributed by atoms with van der Waals surface area (Å²) in [4.78, 5) is 0. The molecular weight excluding hydrogens is 140 g/mol. The second-order valence-corrected chi connectivity index (χ2v) is 2.63. The number of nitrogens with one attached hydrogen (secondary N) is 1. The van der Waals surface area contributed by atoms with E-state index in [-0.39, 0.29) is 0 Å². The van der Waals surface area contributed by atoms with Crippen LogP contribution in [0.1, 0.15) is 20.3 Å². The molecule has 11 heavy (non-hydrogen) atoms. The molecule has 0 heterocycles. The summed E-state index contributed by atoms with van der Waals surface area (Å²) in [7, 11) is 0. The molecule has 1 atom stereocenters. The Labute approximate surface area is 69.3 Å². The van der Waals surface area contributed by atoms with E-state index in [4.69, 9.17) is 10.5 Å². The van der Waals surface area contributed by atoms with Crippen molar-refractivity contribution in [1.82, 2.24) is 5.32 Å². The van der Waals surface area contributed by atoms with Gasteiger partial charge in [-0.3, -0.25) is 0 Å². The number of rotatable bonds is 7. The van der Waals surface area contributed by atoms with Crippen molar-refractivity contribution in [2.75, 3.05) is 26.3 Å². The summed E-state index contributed by atoms with van der Waals surface area (Å²) in [6, 6.07) is 0.514. The van der Waals surface area contributed by atoms with Crippen molar-refractivity contribution in [1.29, 1.82) is 0 Å². The van der Waals surface area contributed by atoms with E-state index in [1.807, 2.05) is 6.92 Å². The van der Waals surface area contributed by atoms with Gasteiger partial charge in [0, 0.05) is 19.2 Å². The summed E-state index contributed by atoms with van der Waals surface area (Å²) in [5.41, 5.74) is 5.39. The summed E-state index contributed by atoms with van der Waals surface area (Å²) in [6.07, 6.45) is 1.03. The van der Waals surface area contributed by atoms with Crippen LogP contribution in [-0.4, -0.2) is 32.3 Å². The monoisotopic (exact) mass is 160 g/mol. The predicted octanol–water partition coefficient (Wildman–Crippen LogP) is 0.350. The van der Waals surface area contributed by atoms with Crippen LogP contribution in [0.2, 0.25) is 0 Å². The van der Waals surface area contributed by atoms with Gasteiger partial charge in [-0.15, -0.1) is 0 Å². The van der Waals surface area contributed by atoms with Gasteiger partial charge in [0.2, 0.25) is 0 Å². The second-order valence-electron chi connectivity index (χ2n) is 2.63.